The van der Waals surface area contributed by atoms with Crippen molar-refractivity contribution in [1.29, 1.82) is 5.26 Å². The Labute approximate surface area is 142 Å². The highest BCUT2D eigenvalue weighted by Crippen LogP contribution is 2.45. The molecule has 0 aromatic heterocycles. The van der Waals surface area contributed by atoms with Crippen molar-refractivity contribution in [2.45, 2.75) is 13.0 Å². The minimum absolute atomic E-state index is 0.212. The van der Waals surface area contributed by atoms with E-state index in [4.69, 9.17) is 10.5 Å². The van der Waals surface area contributed by atoms with Crippen molar-refractivity contribution in [2.75, 3.05) is 7.11 Å². The minimum atomic E-state index is -0.635. The lowest BCUT2D eigenvalue weighted by molar-refractivity contribution is -0.136. The van der Waals surface area contributed by atoms with E-state index in [9.17, 15) is 14.4 Å². The summed E-state index contributed by atoms with van der Waals surface area (Å²) in [6.45, 7) is 1.69. The van der Waals surface area contributed by atoms with E-state index in [0.717, 1.165) is 11.8 Å². The number of hydrogen-bond acceptors (Lipinski definition) is 7. The second kappa shape index (κ2) is 6.02. The molecule has 6 nitrogen and oxygen atoms in total. The summed E-state index contributed by atoms with van der Waals surface area (Å²) in [5, 5.41) is 9.72. The van der Waals surface area contributed by atoms with Gasteiger partial charge in [0.15, 0.2) is 5.17 Å². The number of amidine groups is 1. The maximum absolute atomic E-state index is 13.3. The van der Waals surface area contributed by atoms with Crippen LogP contribution in [-0.4, -0.2) is 23.1 Å². The van der Waals surface area contributed by atoms with Gasteiger partial charge in [-0.2, -0.15) is 5.26 Å². The molecule has 2 aliphatic heterocycles. The Balaban J connectivity index is 2.20. The Morgan fingerprint density at radius 2 is 2.12 bits per heavy atom. The summed E-state index contributed by atoms with van der Waals surface area (Å²) in [7, 11) is 1.28. The summed E-state index contributed by atoms with van der Waals surface area (Å²) in [6, 6.07) is 7.14. The molecule has 0 fully saturated rings. The molecule has 1 aromatic rings. The van der Waals surface area contributed by atoms with Crippen molar-refractivity contribution < 1.29 is 13.9 Å². The molecule has 0 spiro atoms. The zero-order chi connectivity index (χ0) is 17.4. The molecule has 0 amide bonds. The number of aliphatic imine (C=N–C) groups is 1. The number of halogens is 1. The van der Waals surface area contributed by atoms with Gasteiger partial charge in [-0.3, -0.25) is 4.90 Å². The normalized spacial score (nSPS) is 19.8. The number of carbonyl (C=O) groups is 1. The molecular weight excluding hydrogens is 331 g/mol. The van der Waals surface area contributed by atoms with Crippen LogP contribution in [0, 0.1) is 17.1 Å². The molecule has 3 rings (SSSR count). The van der Waals surface area contributed by atoms with Gasteiger partial charge in [0.25, 0.3) is 0 Å². The topological polar surface area (TPSA) is 91.7 Å². The Morgan fingerprint density at radius 3 is 2.71 bits per heavy atom. The smallest absolute Gasteiger partial charge is 0.338 e. The Morgan fingerprint density at radius 1 is 1.46 bits per heavy atom. The monoisotopic (exact) mass is 344 g/mol. The number of ether oxygens (including phenoxy) is 1. The third kappa shape index (κ3) is 2.43. The second-order valence-corrected chi connectivity index (χ2v) is 6.11. The fourth-order valence-electron chi connectivity index (χ4n) is 2.67. The molecule has 1 aromatic carbocycles. The van der Waals surface area contributed by atoms with Crippen LogP contribution in [0.2, 0.25) is 0 Å². The van der Waals surface area contributed by atoms with Gasteiger partial charge in [-0.25, -0.2) is 14.2 Å². The van der Waals surface area contributed by atoms with Crippen molar-refractivity contribution in [3.8, 4) is 6.07 Å². The number of thioether (sulfide) groups is 1. The van der Waals surface area contributed by atoms with E-state index < -0.39 is 12.0 Å². The lowest BCUT2D eigenvalue weighted by atomic mass is 9.94. The highest BCUT2D eigenvalue weighted by Gasteiger charge is 2.42. The first-order valence-electron chi connectivity index (χ1n) is 6.98. The van der Waals surface area contributed by atoms with Gasteiger partial charge in [-0.05, 0) is 36.4 Å². The van der Waals surface area contributed by atoms with Gasteiger partial charge < -0.3 is 10.5 Å². The van der Waals surface area contributed by atoms with Crippen LogP contribution in [0.3, 0.4) is 0 Å². The Hall–Kier alpha value is -2.79. The fourth-order valence-corrected chi connectivity index (χ4v) is 3.59. The van der Waals surface area contributed by atoms with Gasteiger partial charge in [0.05, 0.1) is 24.4 Å². The van der Waals surface area contributed by atoms with Crippen molar-refractivity contribution >= 4 is 22.9 Å². The van der Waals surface area contributed by atoms with Gasteiger partial charge in [0, 0.05) is 0 Å². The molecule has 24 heavy (non-hydrogen) atoms. The number of rotatable bonds is 2. The van der Waals surface area contributed by atoms with Crippen molar-refractivity contribution in [3.05, 3.63) is 57.6 Å². The lowest BCUT2D eigenvalue weighted by Gasteiger charge is -2.34. The molecule has 2 aliphatic rings. The maximum Gasteiger partial charge on any atom is 0.338 e. The van der Waals surface area contributed by atoms with Crippen molar-refractivity contribution in [1.82, 2.24) is 4.90 Å². The standard InChI is InChI=1S/C16H13FN4O2S/c1-8-12(15(22)23-2)13(9-3-5-10(17)6-4-9)21-14(19)11(7-18)24-16(21)20-8/h3-6,13H,19H2,1-2H3/t13-/m0/s1. The SMILES string of the molecule is COC(=O)C1=C(C)N=C2SC(C#N)=C(N)N2[C@H]1c1ccc(F)cc1. The predicted octanol–water partition coefficient (Wildman–Crippen LogP) is 2.38. The van der Waals surface area contributed by atoms with E-state index in [1.54, 1.807) is 24.0 Å². The Bertz CT molecular complexity index is 852. The summed E-state index contributed by atoms with van der Waals surface area (Å²) < 4.78 is 18.2. The average Bonchev–Trinajstić information content (AvgIpc) is 2.89. The highest BCUT2D eigenvalue weighted by molar-refractivity contribution is 8.17. The summed E-state index contributed by atoms with van der Waals surface area (Å²) in [6.07, 6.45) is 0. The van der Waals surface area contributed by atoms with Gasteiger partial charge in [-0.1, -0.05) is 12.1 Å². The molecule has 0 saturated carbocycles. The van der Waals surface area contributed by atoms with Crippen molar-refractivity contribution in [3.63, 3.8) is 0 Å². The zero-order valence-electron chi connectivity index (χ0n) is 12.9. The van der Waals surface area contributed by atoms with Crippen LogP contribution in [0.15, 0.2) is 51.3 Å². The van der Waals surface area contributed by atoms with E-state index >= 15 is 0 Å². The Kier molecular flexibility index (Phi) is 4.03. The molecule has 0 aliphatic carbocycles. The van der Waals surface area contributed by atoms with E-state index in [0.29, 0.717) is 26.9 Å². The van der Waals surface area contributed by atoms with Crippen LogP contribution in [0.25, 0.3) is 0 Å². The van der Waals surface area contributed by atoms with Crippen LogP contribution in [0.4, 0.5) is 4.39 Å². The van der Waals surface area contributed by atoms with E-state index in [1.807, 2.05) is 6.07 Å². The summed E-state index contributed by atoms with van der Waals surface area (Å²) in [5.41, 5.74) is 7.50. The number of esters is 1. The molecule has 0 saturated heterocycles. The van der Waals surface area contributed by atoms with Crippen LogP contribution in [0.5, 0.6) is 0 Å². The number of hydrogen-bond donors (Lipinski definition) is 1. The number of allylic oxidation sites excluding steroid dienone is 2. The quantitative estimate of drug-likeness (QED) is 0.828. The number of methoxy groups -OCH3 is 1. The van der Waals surface area contributed by atoms with E-state index in [1.165, 1.54) is 19.2 Å². The highest BCUT2D eigenvalue weighted by atomic mass is 32.2. The number of benzene rings is 1. The lowest BCUT2D eigenvalue weighted by Crippen LogP contribution is -2.38. The first-order valence-corrected chi connectivity index (χ1v) is 7.79. The number of nitrogens with zero attached hydrogens (tertiary/aromatic N) is 3. The van der Waals surface area contributed by atoms with Crippen molar-refractivity contribution in [2.24, 2.45) is 10.7 Å². The molecule has 0 unspecified atom stereocenters. The molecule has 2 heterocycles. The number of fused-ring (bicyclic) bond motifs is 1. The predicted molar refractivity (Wildman–Crippen MR) is 87.5 cm³/mol. The van der Waals surface area contributed by atoms with Crippen LogP contribution < -0.4 is 5.73 Å². The van der Waals surface area contributed by atoms with Gasteiger partial charge in [0.1, 0.15) is 22.6 Å². The molecule has 1 atom stereocenters. The number of nitriles is 1. The van der Waals surface area contributed by atoms with Gasteiger partial charge in [-0.15, -0.1) is 0 Å². The summed E-state index contributed by atoms with van der Waals surface area (Å²) in [5.74, 6) is -0.724. The van der Waals surface area contributed by atoms with Gasteiger partial charge >= 0.3 is 5.97 Å². The van der Waals surface area contributed by atoms with E-state index in [-0.39, 0.29) is 11.6 Å². The minimum Gasteiger partial charge on any atom is -0.466 e. The third-order valence-electron chi connectivity index (χ3n) is 3.77. The molecule has 0 radical (unpaired) electrons. The van der Waals surface area contributed by atoms with Crippen LogP contribution in [0.1, 0.15) is 18.5 Å². The maximum atomic E-state index is 13.3. The third-order valence-corrected chi connectivity index (χ3v) is 4.74. The van der Waals surface area contributed by atoms with E-state index in [2.05, 4.69) is 4.99 Å². The average molecular weight is 344 g/mol. The number of nitrogens with two attached hydrogens (primary N) is 1. The fraction of sp³-hybridized carbons (Fsp3) is 0.188. The van der Waals surface area contributed by atoms with Crippen LogP contribution >= 0.6 is 11.8 Å². The summed E-state index contributed by atoms with van der Waals surface area (Å²) >= 11 is 1.14. The zero-order valence-corrected chi connectivity index (χ0v) is 13.7. The largest absolute Gasteiger partial charge is 0.466 e. The molecule has 122 valence electrons. The van der Waals surface area contributed by atoms with Gasteiger partial charge in [0.2, 0.25) is 0 Å². The molecule has 2 N–H and O–H groups in total. The number of carbonyl (C=O) groups excluding carboxylic acids is 1. The first-order chi connectivity index (χ1) is 11.5. The summed E-state index contributed by atoms with van der Waals surface area (Å²) in [4.78, 5) is 18.6. The van der Waals surface area contributed by atoms with Crippen LogP contribution in [-0.2, 0) is 9.53 Å². The first kappa shape index (κ1) is 16.1. The molecule has 0 bridgehead atoms. The second-order valence-electron chi connectivity index (χ2n) is 5.14. The molecule has 8 heteroatoms. The molecular formula is C16H13FN4O2S.